The number of nitrogens with one attached hydrogen (secondary N) is 1. The average molecular weight is 881 g/mol. The molecule has 4 fully saturated rings. The lowest BCUT2D eigenvalue weighted by molar-refractivity contribution is 0.0575. The zero-order valence-corrected chi connectivity index (χ0v) is 38.2. The Balaban J connectivity index is 0.000000168. The van der Waals surface area contributed by atoms with Gasteiger partial charge in [0, 0.05) is 101 Å². The third-order valence-corrected chi connectivity index (χ3v) is 12.4. The predicted molar refractivity (Wildman–Crippen MR) is 252 cm³/mol. The molecule has 1 amide bonds. The third kappa shape index (κ3) is 10.6. The van der Waals surface area contributed by atoms with Crippen LogP contribution in [0.5, 0.6) is 0 Å². The van der Waals surface area contributed by atoms with Crippen LogP contribution in [0.25, 0.3) is 33.8 Å². The quantitative estimate of drug-likeness (QED) is 0.136. The number of carbonyl (C=O) groups excluding carboxylic acids is 3. The number of rotatable bonds is 12. The number of benzene rings is 2. The molecule has 6 aromatic rings. The van der Waals surface area contributed by atoms with Crippen molar-refractivity contribution in [3.63, 3.8) is 0 Å². The highest BCUT2D eigenvalue weighted by Gasteiger charge is 2.38. The molecule has 6 heterocycles. The molecule has 2 saturated carbocycles. The molecule has 10 rings (SSSR count). The molecule has 1 N–H and O–H groups in total. The highest BCUT2D eigenvalue weighted by atomic mass is 16.6. The van der Waals surface area contributed by atoms with Crippen molar-refractivity contribution in [3.05, 3.63) is 95.3 Å². The summed E-state index contributed by atoms with van der Waals surface area (Å²) in [5, 5.41) is 12.3. The number of fused-ring (bicyclic) bond motifs is 2. The molecule has 2 aromatic carbocycles. The van der Waals surface area contributed by atoms with Gasteiger partial charge in [0.2, 0.25) is 0 Å². The standard InChI is InChI=1S/C27H34N6O3.C22H26N6O/c1-27(2,3)36-26(35)32(22-8-9-22)24-15-23(29-25-21(18-34)16-28-33(24)25)20-7-5-6-19(14-20)17-31-12-10-30(4)11-13-31;1-26-7-9-27(10-8-26)14-16-3-2-4-17(11-16)20-12-21(24-19-5-6-19)28-22(25-20)18(15-29)13-23-28/h5-7,14-16,18,22H,8-13,17H2,1-4H3;2-4,11-13,15,19,24H,5-10,14H2,1H3. The zero-order valence-electron chi connectivity index (χ0n) is 38.2. The lowest BCUT2D eigenvalue weighted by Crippen LogP contribution is -2.43. The van der Waals surface area contributed by atoms with Crippen LogP contribution in [0, 0.1) is 0 Å². The van der Waals surface area contributed by atoms with E-state index in [0.29, 0.717) is 40.0 Å². The predicted octanol–water partition coefficient (Wildman–Crippen LogP) is 6.39. The molecule has 0 unspecified atom stereocenters. The summed E-state index contributed by atoms with van der Waals surface area (Å²) in [5.41, 5.74) is 7.34. The Morgan fingerprint density at radius 2 is 1.22 bits per heavy atom. The van der Waals surface area contributed by atoms with E-state index in [9.17, 15) is 14.4 Å². The van der Waals surface area contributed by atoms with Crippen molar-refractivity contribution < 1.29 is 19.1 Å². The largest absolute Gasteiger partial charge is 0.443 e. The second-order valence-corrected chi connectivity index (χ2v) is 19.0. The second kappa shape index (κ2) is 18.8. The molecule has 0 bridgehead atoms. The fraction of sp³-hybridized carbons (Fsp3) is 0.449. The number of likely N-dealkylation sites (N-methyl/N-ethyl adjacent to an activating group) is 2. The highest BCUT2D eigenvalue weighted by molar-refractivity contribution is 5.91. The molecule has 65 heavy (non-hydrogen) atoms. The number of piperazine rings is 2. The van der Waals surface area contributed by atoms with E-state index in [0.717, 1.165) is 114 Å². The van der Waals surface area contributed by atoms with Crippen LogP contribution in [0.15, 0.2) is 73.1 Å². The molecule has 2 saturated heterocycles. The van der Waals surface area contributed by atoms with E-state index >= 15 is 0 Å². The van der Waals surface area contributed by atoms with Crippen LogP contribution in [-0.4, -0.2) is 152 Å². The molecule has 2 aliphatic carbocycles. The van der Waals surface area contributed by atoms with Crippen molar-refractivity contribution in [1.29, 1.82) is 0 Å². The van der Waals surface area contributed by atoms with Gasteiger partial charge in [0.1, 0.15) is 17.2 Å². The number of amides is 1. The van der Waals surface area contributed by atoms with Gasteiger partial charge in [-0.1, -0.05) is 36.4 Å². The van der Waals surface area contributed by atoms with Gasteiger partial charge >= 0.3 is 6.09 Å². The minimum Gasteiger partial charge on any atom is -0.443 e. The van der Waals surface area contributed by atoms with Crippen LogP contribution in [0.4, 0.5) is 16.4 Å². The van der Waals surface area contributed by atoms with Gasteiger partial charge < -0.3 is 19.9 Å². The van der Waals surface area contributed by atoms with E-state index in [1.165, 1.54) is 30.2 Å². The van der Waals surface area contributed by atoms with Crippen LogP contribution < -0.4 is 10.2 Å². The fourth-order valence-electron chi connectivity index (χ4n) is 8.38. The van der Waals surface area contributed by atoms with Crippen LogP contribution in [0.1, 0.15) is 78.3 Å². The summed E-state index contributed by atoms with van der Waals surface area (Å²) < 4.78 is 9.05. The molecule has 16 nitrogen and oxygen atoms in total. The summed E-state index contributed by atoms with van der Waals surface area (Å²) in [6, 6.07) is 21.4. The fourth-order valence-corrected chi connectivity index (χ4v) is 8.38. The van der Waals surface area contributed by atoms with Gasteiger partial charge in [-0.2, -0.15) is 19.2 Å². The molecule has 0 spiro atoms. The van der Waals surface area contributed by atoms with Crippen LogP contribution >= 0.6 is 0 Å². The number of hydrogen-bond donors (Lipinski definition) is 1. The van der Waals surface area contributed by atoms with Crippen LogP contribution in [0.2, 0.25) is 0 Å². The van der Waals surface area contributed by atoms with Gasteiger partial charge in [-0.15, -0.1) is 0 Å². The minimum absolute atomic E-state index is 0.0331. The Morgan fingerprint density at radius 3 is 1.71 bits per heavy atom. The minimum atomic E-state index is -0.630. The number of nitrogens with zero attached hydrogens (tertiary/aromatic N) is 11. The van der Waals surface area contributed by atoms with Gasteiger partial charge in [-0.3, -0.25) is 24.3 Å². The van der Waals surface area contributed by atoms with E-state index in [1.54, 1.807) is 20.1 Å². The first-order valence-electron chi connectivity index (χ1n) is 22.9. The molecule has 0 atom stereocenters. The Labute approximate surface area is 380 Å². The topological polar surface area (TPSA) is 149 Å². The van der Waals surface area contributed by atoms with Crippen LogP contribution in [-0.2, 0) is 17.8 Å². The zero-order chi connectivity index (χ0) is 45.2. The maximum atomic E-state index is 13.3. The molecule has 2 aliphatic heterocycles. The summed E-state index contributed by atoms with van der Waals surface area (Å²) in [4.78, 5) is 57.4. The normalized spacial score (nSPS) is 17.7. The summed E-state index contributed by atoms with van der Waals surface area (Å²) in [7, 11) is 4.33. The first-order valence-corrected chi connectivity index (χ1v) is 22.9. The number of aromatic nitrogens is 6. The number of hydrogen-bond acceptors (Lipinski definition) is 13. The number of aldehydes is 2. The molecular formula is C49H60N12O4. The van der Waals surface area contributed by atoms with Gasteiger partial charge in [-0.25, -0.2) is 14.8 Å². The molecule has 340 valence electrons. The van der Waals surface area contributed by atoms with Crippen molar-refractivity contribution in [2.75, 3.05) is 76.7 Å². The Hall–Kier alpha value is -6.07. The van der Waals surface area contributed by atoms with E-state index in [4.69, 9.17) is 14.7 Å². The van der Waals surface area contributed by atoms with E-state index in [-0.39, 0.29) is 6.04 Å². The molecule has 4 aromatic heterocycles. The van der Waals surface area contributed by atoms with Gasteiger partial charge in [0.05, 0.1) is 34.9 Å². The molecule has 4 aliphatic rings. The summed E-state index contributed by atoms with van der Waals surface area (Å²) >= 11 is 0. The van der Waals surface area contributed by atoms with Crippen LogP contribution in [0.3, 0.4) is 0 Å². The molecule has 0 radical (unpaired) electrons. The Morgan fingerprint density at radius 1 is 0.708 bits per heavy atom. The lowest BCUT2D eigenvalue weighted by Gasteiger charge is -2.32. The maximum Gasteiger partial charge on any atom is 0.416 e. The number of ether oxygens (including phenoxy) is 1. The first-order chi connectivity index (χ1) is 31.4. The van der Waals surface area contributed by atoms with Gasteiger partial charge in [0.25, 0.3) is 0 Å². The summed E-state index contributed by atoms with van der Waals surface area (Å²) in [6.45, 7) is 16.0. The van der Waals surface area contributed by atoms with E-state index in [1.807, 2.05) is 45.0 Å². The first kappa shape index (κ1) is 44.1. The van der Waals surface area contributed by atoms with Gasteiger partial charge in [0.15, 0.2) is 23.9 Å². The monoisotopic (exact) mass is 880 g/mol. The SMILES string of the molecule is CN1CCN(Cc2cccc(-c3cc(N(C(=O)OC(C)(C)C)C4CC4)n4ncc(C=O)c4n3)c2)CC1.CN1CCN(Cc2cccc(-c3cc(NC4CC4)n4ncc(C=O)c4n3)c2)CC1. The number of carbonyl (C=O) groups is 3. The summed E-state index contributed by atoms with van der Waals surface area (Å²) in [5.74, 6) is 1.45. The van der Waals surface area contributed by atoms with Crippen molar-refractivity contribution in [2.24, 2.45) is 0 Å². The average Bonchev–Trinajstić information content (AvgIpc) is 4.22. The van der Waals surface area contributed by atoms with Crippen molar-refractivity contribution in [2.45, 2.75) is 77.2 Å². The van der Waals surface area contributed by atoms with E-state index in [2.05, 4.69) is 85.6 Å². The van der Waals surface area contributed by atoms with Gasteiger partial charge in [-0.05, 0) is 83.8 Å². The smallest absolute Gasteiger partial charge is 0.416 e. The number of anilines is 2. The highest BCUT2D eigenvalue weighted by Crippen LogP contribution is 2.36. The summed E-state index contributed by atoms with van der Waals surface area (Å²) in [6.07, 6.45) is 8.35. The van der Waals surface area contributed by atoms with Crippen molar-refractivity contribution in [1.82, 2.24) is 48.8 Å². The van der Waals surface area contributed by atoms with E-state index < -0.39 is 11.7 Å². The molecule has 16 heteroatoms. The maximum absolute atomic E-state index is 13.3. The Kier molecular flexibility index (Phi) is 12.8. The lowest BCUT2D eigenvalue weighted by atomic mass is 10.1. The second-order valence-electron chi connectivity index (χ2n) is 19.0. The Bertz CT molecular complexity index is 2660. The van der Waals surface area contributed by atoms with Crippen molar-refractivity contribution in [3.8, 4) is 22.5 Å². The van der Waals surface area contributed by atoms with Crippen molar-refractivity contribution >= 4 is 41.6 Å². The molecular weight excluding hydrogens is 821 g/mol. The third-order valence-electron chi connectivity index (χ3n) is 12.4.